The Morgan fingerprint density at radius 2 is 1.77 bits per heavy atom. The van der Waals surface area contributed by atoms with Crippen LogP contribution in [0.3, 0.4) is 0 Å². The molecular weight excluding hydrogens is 448 g/mol. The fraction of sp³-hybridized carbons (Fsp3) is 0.450. The van der Waals surface area contributed by atoms with Crippen molar-refractivity contribution in [2.24, 2.45) is 0 Å². The summed E-state index contributed by atoms with van der Waals surface area (Å²) in [6.45, 7) is 5.85. The Hall–Kier alpha value is -1.81. The first-order valence-electron chi connectivity index (χ1n) is 9.73. The van der Waals surface area contributed by atoms with Crippen LogP contribution >= 0.6 is 22.9 Å². The minimum Gasteiger partial charge on any atom is -0.489 e. The molecule has 10 heteroatoms. The first-order valence-corrected chi connectivity index (χ1v) is 12.4. The molecule has 2 aliphatic rings. The third-order valence-electron chi connectivity index (χ3n) is 5.19. The number of carbonyl (C=O) groups excluding carboxylic acids is 1. The van der Waals surface area contributed by atoms with Gasteiger partial charge in [-0.15, -0.1) is 11.3 Å². The van der Waals surface area contributed by atoms with E-state index in [1.165, 1.54) is 15.6 Å². The third-order valence-corrected chi connectivity index (χ3v) is 8.59. The van der Waals surface area contributed by atoms with Crippen molar-refractivity contribution in [2.75, 3.05) is 39.4 Å². The number of rotatable bonds is 3. The molecule has 0 saturated carbocycles. The van der Waals surface area contributed by atoms with Crippen LogP contribution in [0, 0.1) is 13.8 Å². The van der Waals surface area contributed by atoms with Crippen molar-refractivity contribution in [3.63, 3.8) is 0 Å². The number of benzene rings is 1. The molecule has 162 valence electrons. The number of nitrogens with zero attached hydrogens (tertiary/aromatic N) is 2. The van der Waals surface area contributed by atoms with E-state index in [2.05, 4.69) is 0 Å². The Balaban J connectivity index is 1.48. The smallest absolute Gasteiger partial charge is 0.254 e. The molecule has 2 aromatic rings. The van der Waals surface area contributed by atoms with Gasteiger partial charge in [0.15, 0.2) is 11.5 Å². The fourth-order valence-corrected chi connectivity index (χ4v) is 6.88. The van der Waals surface area contributed by atoms with Crippen molar-refractivity contribution < 1.29 is 22.7 Å². The Bertz CT molecular complexity index is 1080. The highest BCUT2D eigenvalue weighted by molar-refractivity contribution is 7.89. The Labute approximate surface area is 185 Å². The number of thiophene rings is 1. The lowest BCUT2D eigenvalue weighted by molar-refractivity contribution is 0.0697. The summed E-state index contributed by atoms with van der Waals surface area (Å²) in [5.41, 5.74) is 0.407. The van der Waals surface area contributed by atoms with Crippen LogP contribution in [-0.4, -0.2) is 62.9 Å². The third kappa shape index (κ3) is 4.03. The number of piperazine rings is 1. The van der Waals surface area contributed by atoms with E-state index in [9.17, 15) is 13.2 Å². The van der Waals surface area contributed by atoms with Gasteiger partial charge in [-0.2, -0.15) is 4.31 Å². The normalized spacial score (nSPS) is 17.6. The molecule has 1 aromatic heterocycles. The first kappa shape index (κ1) is 21.4. The second-order valence-electron chi connectivity index (χ2n) is 7.31. The zero-order valence-corrected chi connectivity index (χ0v) is 19.2. The zero-order valence-electron chi connectivity index (χ0n) is 16.8. The van der Waals surface area contributed by atoms with Crippen LogP contribution < -0.4 is 9.47 Å². The maximum absolute atomic E-state index is 13.0. The standard InChI is InChI=1S/C20H23ClN2O5S2/c1-13-10-18(14(2)29-13)30(25,26)23-6-4-22(5-7-23)20(24)15-11-16(21)19-17(12-15)27-8-3-9-28-19/h10-12H,3-9H2,1-2H3. The molecule has 0 radical (unpaired) electrons. The van der Waals surface area contributed by atoms with E-state index >= 15 is 0 Å². The summed E-state index contributed by atoms with van der Waals surface area (Å²) < 4.78 is 38.7. The quantitative estimate of drug-likeness (QED) is 0.687. The van der Waals surface area contributed by atoms with Gasteiger partial charge in [-0.05, 0) is 32.0 Å². The summed E-state index contributed by atoms with van der Waals surface area (Å²) in [7, 11) is -3.56. The molecule has 1 amide bonds. The summed E-state index contributed by atoms with van der Waals surface area (Å²) >= 11 is 7.78. The molecule has 1 fully saturated rings. The van der Waals surface area contributed by atoms with E-state index in [-0.39, 0.29) is 19.0 Å². The molecule has 0 aliphatic carbocycles. The number of ether oxygens (including phenoxy) is 2. The topological polar surface area (TPSA) is 76.2 Å². The molecule has 0 unspecified atom stereocenters. The zero-order chi connectivity index (χ0) is 21.5. The summed E-state index contributed by atoms with van der Waals surface area (Å²) in [5.74, 6) is 0.725. The molecule has 7 nitrogen and oxygen atoms in total. The largest absolute Gasteiger partial charge is 0.489 e. The number of sulfonamides is 1. The van der Waals surface area contributed by atoms with Crippen molar-refractivity contribution in [3.05, 3.63) is 38.5 Å². The van der Waals surface area contributed by atoms with Crippen LogP contribution in [0.5, 0.6) is 11.5 Å². The van der Waals surface area contributed by atoms with Gasteiger partial charge >= 0.3 is 0 Å². The molecule has 1 aromatic carbocycles. The van der Waals surface area contributed by atoms with Crippen LogP contribution in [0.1, 0.15) is 26.5 Å². The number of hydrogen-bond donors (Lipinski definition) is 0. The summed E-state index contributed by atoms with van der Waals surface area (Å²) in [4.78, 5) is 16.8. The van der Waals surface area contributed by atoms with E-state index in [0.717, 1.165) is 16.2 Å². The second-order valence-corrected chi connectivity index (χ2v) is 11.1. The number of halogens is 1. The van der Waals surface area contributed by atoms with Gasteiger partial charge in [-0.1, -0.05) is 11.6 Å². The maximum atomic E-state index is 13.0. The molecule has 0 spiro atoms. The van der Waals surface area contributed by atoms with E-state index in [4.69, 9.17) is 21.1 Å². The molecular formula is C20H23ClN2O5S2. The van der Waals surface area contributed by atoms with Gasteiger partial charge in [-0.25, -0.2) is 8.42 Å². The number of carbonyl (C=O) groups is 1. The van der Waals surface area contributed by atoms with Gasteiger partial charge in [0, 0.05) is 47.9 Å². The highest BCUT2D eigenvalue weighted by atomic mass is 35.5. The predicted octanol–water partition coefficient (Wildman–Crippen LogP) is 3.33. The number of hydrogen-bond acceptors (Lipinski definition) is 6. The lowest BCUT2D eigenvalue weighted by Gasteiger charge is -2.34. The number of fused-ring (bicyclic) bond motifs is 1. The average Bonchev–Trinajstić information content (AvgIpc) is 2.91. The number of aryl methyl sites for hydroxylation is 2. The van der Waals surface area contributed by atoms with E-state index in [0.29, 0.717) is 53.3 Å². The average molecular weight is 471 g/mol. The van der Waals surface area contributed by atoms with E-state index in [1.807, 2.05) is 13.8 Å². The van der Waals surface area contributed by atoms with Crippen LogP contribution in [0.2, 0.25) is 5.02 Å². The second kappa shape index (κ2) is 8.37. The van der Waals surface area contributed by atoms with Crippen molar-refractivity contribution >= 4 is 38.9 Å². The van der Waals surface area contributed by atoms with E-state index in [1.54, 1.807) is 23.1 Å². The highest BCUT2D eigenvalue weighted by Gasteiger charge is 2.32. The molecule has 3 heterocycles. The summed E-state index contributed by atoms with van der Waals surface area (Å²) in [5, 5.41) is 0.335. The van der Waals surface area contributed by atoms with Gasteiger partial charge < -0.3 is 14.4 Å². The minimum atomic E-state index is -3.56. The van der Waals surface area contributed by atoms with Gasteiger partial charge in [0.05, 0.1) is 23.1 Å². The Morgan fingerprint density at radius 3 is 2.43 bits per heavy atom. The van der Waals surface area contributed by atoms with Crippen molar-refractivity contribution in [1.29, 1.82) is 0 Å². The molecule has 0 N–H and O–H groups in total. The van der Waals surface area contributed by atoms with Gasteiger partial charge in [0.2, 0.25) is 10.0 Å². The van der Waals surface area contributed by atoms with Gasteiger partial charge in [0.25, 0.3) is 5.91 Å². The molecule has 4 rings (SSSR count). The minimum absolute atomic E-state index is 0.202. The molecule has 1 saturated heterocycles. The SMILES string of the molecule is Cc1cc(S(=O)(=O)N2CCN(C(=O)c3cc(Cl)c4c(c3)OCCCO4)CC2)c(C)s1. The Morgan fingerprint density at radius 1 is 1.07 bits per heavy atom. The van der Waals surface area contributed by atoms with Crippen LogP contribution in [0.25, 0.3) is 0 Å². The summed E-state index contributed by atoms with van der Waals surface area (Å²) in [6.07, 6.45) is 0.744. The number of amides is 1. The fourth-order valence-electron chi connectivity index (χ4n) is 3.67. The van der Waals surface area contributed by atoms with Crippen molar-refractivity contribution in [3.8, 4) is 11.5 Å². The lowest BCUT2D eigenvalue weighted by Crippen LogP contribution is -2.50. The molecule has 2 aliphatic heterocycles. The molecule has 30 heavy (non-hydrogen) atoms. The molecule has 0 atom stereocenters. The van der Waals surface area contributed by atoms with Gasteiger partial charge in [-0.3, -0.25) is 4.79 Å². The molecule has 0 bridgehead atoms. The van der Waals surface area contributed by atoms with Crippen LogP contribution in [-0.2, 0) is 10.0 Å². The van der Waals surface area contributed by atoms with Crippen LogP contribution in [0.4, 0.5) is 0 Å². The summed E-state index contributed by atoms with van der Waals surface area (Å²) in [6, 6.07) is 4.94. The maximum Gasteiger partial charge on any atom is 0.254 e. The predicted molar refractivity (Wildman–Crippen MR) is 116 cm³/mol. The van der Waals surface area contributed by atoms with Gasteiger partial charge in [0.1, 0.15) is 0 Å². The Kier molecular flexibility index (Phi) is 5.98. The van der Waals surface area contributed by atoms with E-state index < -0.39 is 10.0 Å². The lowest BCUT2D eigenvalue weighted by atomic mass is 10.1. The first-order chi connectivity index (χ1) is 14.3. The van der Waals surface area contributed by atoms with Crippen molar-refractivity contribution in [2.45, 2.75) is 25.2 Å². The highest BCUT2D eigenvalue weighted by Crippen LogP contribution is 2.38. The van der Waals surface area contributed by atoms with Crippen molar-refractivity contribution in [1.82, 2.24) is 9.21 Å². The monoisotopic (exact) mass is 470 g/mol. The van der Waals surface area contributed by atoms with Crippen LogP contribution in [0.15, 0.2) is 23.1 Å².